The number of rotatable bonds is 7. The molecule has 0 fully saturated rings. The number of likely N-dealkylation sites (N-methyl/N-ethyl adjacent to an activating group) is 1. The number of aromatic nitrogens is 2. The molecule has 0 bridgehead atoms. The monoisotopic (exact) mass is 401 g/mol. The molecule has 2 heterocycles. The molecular formula is C20H20FN3OS2. The molecule has 7 heteroatoms. The molecule has 3 rings (SSSR count). The lowest BCUT2D eigenvalue weighted by atomic mass is 10.1. The Labute approximate surface area is 166 Å². The van der Waals surface area contributed by atoms with E-state index < -0.39 is 0 Å². The normalized spacial score (nSPS) is 10.9. The summed E-state index contributed by atoms with van der Waals surface area (Å²) in [6.07, 6.45) is 1.52. The Morgan fingerprint density at radius 3 is 2.70 bits per heavy atom. The molecule has 0 N–H and O–H groups in total. The van der Waals surface area contributed by atoms with E-state index in [1.165, 1.54) is 41.6 Å². The van der Waals surface area contributed by atoms with Gasteiger partial charge in [0.05, 0.1) is 11.1 Å². The number of hydrogen-bond acceptors (Lipinski definition) is 5. The van der Waals surface area contributed by atoms with Crippen molar-refractivity contribution in [2.75, 3.05) is 18.8 Å². The van der Waals surface area contributed by atoms with Crippen LogP contribution in [0.1, 0.15) is 13.8 Å². The van der Waals surface area contributed by atoms with Gasteiger partial charge in [0.2, 0.25) is 5.91 Å². The number of benzene rings is 1. The van der Waals surface area contributed by atoms with Crippen molar-refractivity contribution in [3.05, 3.63) is 53.9 Å². The fourth-order valence-corrected chi connectivity index (χ4v) is 4.62. The van der Waals surface area contributed by atoms with E-state index in [-0.39, 0.29) is 11.7 Å². The van der Waals surface area contributed by atoms with Crippen LogP contribution in [0.3, 0.4) is 0 Å². The van der Waals surface area contributed by atoms with Crippen molar-refractivity contribution < 1.29 is 9.18 Å². The molecule has 0 saturated heterocycles. The van der Waals surface area contributed by atoms with Crippen molar-refractivity contribution in [3.8, 4) is 11.1 Å². The molecule has 0 aliphatic heterocycles. The van der Waals surface area contributed by atoms with Gasteiger partial charge in [-0.3, -0.25) is 4.79 Å². The molecule has 0 atom stereocenters. The van der Waals surface area contributed by atoms with E-state index in [9.17, 15) is 9.18 Å². The summed E-state index contributed by atoms with van der Waals surface area (Å²) < 4.78 is 13.3. The van der Waals surface area contributed by atoms with Crippen molar-refractivity contribution in [2.24, 2.45) is 0 Å². The van der Waals surface area contributed by atoms with Gasteiger partial charge in [0.15, 0.2) is 0 Å². The maximum atomic E-state index is 13.3. The molecule has 1 amide bonds. The second-order valence-corrected chi connectivity index (χ2v) is 7.99. The molecule has 0 unspecified atom stereocenters. The van der Waals surface area contributed by atoms with Gasteiger partial charge in [0.1, 0.15) is 22.0 Å². The number of carbonyl (C=O) groups excluding carboxylic acids is 1. The zero-order valence-corrected chi connectivity index (χ0v) is 16.9. The molecule has 0 saturated carbocycles. The first-order valence-electron chi connectivity index (χ1n) is 8.52. The maximum absolute atomic E-state index is 13.3. The third kappa shape index (κ3) is 4.54. The van der Waals surface area contributed by atoms with Crippen LogP contribution in [-0.2, 0) is 4.79 Å². The van der Waals surface area contributed by atoms with Crippen LogP contribution in [0.25, 0.3) is 21.3 Å². The van der Waals surface area contributed by atoms with Gasteiger partial charge in [-0.05, 0) is 31.5 Å². The Morgan fingerprint density at radius 1 is 1.30 bits per heavy atom. The lowest BCUT2D eigenvalue weighted by Gasteiger charge is -2.20. The molecule has 140 valence electrons. The number of thiophene rings is 1. The van der Waals surface area contributed by atoms with Gasteiger partial charge in [0.25, 0.3) is 0 Å². The summed E-state index contributed by atoms with van der Waals surface area (Å²) in [5.74, 6) is 0.0779. The third-order valence-electron chi connectivity index (χ3n) is 4.02. The second-order valence-electron chi connectivity index (χ2n) is 6.17. The smallest absolute Gasteiger partial charge is 0.233 e. The molecule has 0 spiro atoms. The summed E-state index contributed by atoms with van der Waals surface area (Å²) in [7, 11) is 0. The minimum atomic E-state index is -0.271. The van der Waals surface area contributed by atoms with Gasteiger partial charge in [-0.25, -0.2) is 14.4 Å². The van der Waals surface area contributed by atoms with Crippen LogP contribution < -0.4 is 0 Å². The fourth-order valence-electron chi connectivity index (χ4n) is 2.72. The van der Waals surface area contributed by atoms with Crippen LogP contribution in [0.4, 0.5) is 4.39 Å². The lowest BCUT2D eigenvalue weighted by molar-refractivity contribution is -0.127. The number of carbonyl (C=O) groups is 1. The van der Waals surface area contributed by atoms with Gasteiger partial charge in [0, 0.05) is 24.0 Å². The highest BCUT2D eigenvalue weighted by Gasteiger charge is 2.17. The Kier molecular flexibility index (Phi) is 6.23. The van der Waals surface area contributed by atoms with Crippen LogP contribution in [-0.4, -0.2) is 39.6 Å². The number of halogens is 1. The minimum Gasteiger partial charge on any atom is -0.338 e. The standard InChI is InChI=1S/C20H20FN3OS2/c1-4-24(9-13(2)3)17(25)11-27-20-18-16(10-26-19(18)22-12-23-20)14-5-7-15(21)8-6-14/h5-8,10,12H,2,4,9,11H2,1,3H3. The Hall–Kier alpha value is -2.25. The molecule has 3 aromatic rings. The van der Waals surface area contributed by atoms with E-state index in [0.717, 1.165) is 31.9 Å². The summed E-state index contributed by atoms with van der Waals surface area (Å²) in [6, 6.07) is 6.37. The minimum absolute atomic E-state index is 0.0517. The largest absolute Gasteiger partial charge is 0.338 e. The summed E-state index contributed by atoms with van der Waals surface area (Å²) in [5, 5.41) is 3.67. The van der Waals surface area contributed by atoms with E-state index in [4.69, 9.17) is 0 Å². The van der Waals surface area contributed by atoms with Crippen molar-refractivity contribution >= 4 is 39.2 Å². The van der Waals surface area contributed by atoms with Gasteiger partial charge in [-0.2, -0.15) is 0 Å². The molecular weight excluding hydrogens is 381 g/mol. The Bertz CT molecular complexity index is 969. The quantitative estimate of drug-likeness (QED) is 0.317. The van der Waals surface area contributed by atoms with Crippen molar-refractivity contribution in [2.45, 2.75) is 18.9 Å². The average molecular weight is 402 g/mol. The topological polar surface area (TPSA) is 46.1 Å². The van der Waals surface area contributed by atoms with E-state index in [2.05, 4.69) is 16.5 Å². The SMILES string of the molecule is C=C(C)CN(CC)C(=O)CSc1ncnc2scc(-c3ccc(F)cc3)c12. The summed E-state index contributed by atoms with van der Waals surface area (Å²) in [5.41, 5.74) is 2.82. The molecule has 0 aliphatic carbocycles. The number of fused-ring (bicyclic) bond motifs is 1. The number of amides is 1. The van der Waals surface area contributed by atoms with Gasteiger partial charge in [-0.1, -0.05) is 36.0 Å². The summed E-state index contributed by atoms with van der Waals surface area (Å²) >= 11 is 2.92. The highest BCUT2D eigenvalue weighted by Crippen LogP contribution is 2.37. The van der Waals surface area contributed by atoms with Crippen molar-refractivity contribution in [3.63, 3.8) is 0 Å². The first kappa shape index (κ1) is 19.5. The molecule has 0 aliphatic rings. The van der Waals surface area contributed by atoms with E-state index in [1.807, 2.05) is 19.2 Å². The fraction of sp³-hybridized carbons (Fsp3) is 0.250. The average Bonchev–Trinajstić information content (AvgIpc) is 3.09. The number of nitrogens with zero attached hydrogens (tertiary/aromatic N) is 3. The third-order valence-corrected chi connectivity index (χ3v) is 5.88. The summed E-state index contributed by atoms with van der Waals surface area (Å²) in [6.45, 7) is 8.96. The predicted octanol–water partition coefficient (Wildman–Crippen LogP) is 5.01. The maximum Gasteiger partial charge on any atom is 0.233 e. The highest BCUT2D eigenvalue weighted by molar-refractivity contribution is 8.00. The van der Waals surface area contributed by atoms with Crippen molar-refractivity contribution in [1.82, 2.24) is 14.9 Å². The van der Waals surface area contributed by atoms with Crippen molar-refractivity contribution in [1.29, 1.82) is 0 Å². The molecule has 4 nitrogen and oxygen atoms in total. The van der Waals surface area contributed by atoms with Crippen LogP contribution in [0.5, 0.6) is 0 Å². The Balaban J connectivity index is 1.87. The first-order chi connectivity index (χ1) is 13.0. The van der Waals surface area contributed by atoms with Gasteiger partial charge >= 0.3 is 0 Å². The zero-order chi connectivity index (χ0) is 19.4. The first-order valence-corrected chi connectivity index (χ1v) is 10.4. The predicted molar refractivity (Wildman–Crippen MR) is 111 cm³/mol. The molecule has 27 heavy (non-hydrogen) atoms. The van der Waals surface area contributed by atoms with Crippen LogP contribution >= 0.6 is 23.1 Å². The van der Waals surface area contributed by atoms with E-state index >= 15 is 0 Å². The zero-order valence-electron chi connectivity index (χ0n) is 15.2. The number of hydrogen-bond donors (Lipinski definition) is 0. The molecule has 0 radical (unpaired) electrons. The lowest BCUT2D eigenvalue weighted by Crippen LogP contribution is -2.33. The van der Waals surface area contributed by atoms with Gasteiger partial charge < -0.3 is 4.90 Å². The highest BCUT2D eigenvalue weighted by atomic mass is 32.2. The number of thioether (sulfide) groups is 1. The van der Waals surface area contributed by atoms with E-state index in [1.54, 1.807) is 17.0 Å². The molecule has 2 aromatic heterocycles. The summed E-state index contributed by atoms with van der Waals surface area (Å²) in [4.78, 5) is 23.9. The van der Waals surface area contributed by atoms with E-state index in [0.29, 0.717) is 18.8 Å². The van der Waals surface area contributed by atoms with Crippen LogP contribution in [0, 0.1) is 5.82 Å². The molecule has 1 aromatic carbocycles. The van der Waals surface area contributed by atoms with Crippen LogP contribution in [0.2, 0.25) is 0 Å². The Morgan fingerprint density at radius 2 is 2.04 bits per heavy atom. The van der Waals surface area contributed by atoms with Gasteiger partial charge in [-0.15, -0.1) is 11.3 Å². The second kappa shape index (κ2) is 8.63. The van der Waals surface area contributed by atoms with Crippen LogP contribution in [0.15, 0.2) is 53.2 Å².